The topological polar surface area (TPSA) is 74.8 Å². The molecular formula is C16H15Cl2N3O2S. The highest BCUT2D eigenvalue weighted by molar-refractivity contribution is 7.99. The summed E-state index contributed by atoms with van der Waals surface area (Å²) in [5.41, 5.74) is 0.233. The lowest BCUT2D eigenvalue weighted by molar-refractivity contribution is 0.0939. The summed E-state index contributed by atoms with van der Waals surface area (Å²) in [6, 6.07) is 5.31. The van der Waals surface area contributed by atoms with Crippen LogP contribution in [0.2, 0.25) is 10.0 Å². The van der Waals surface area contributed by atoms with Gasteiger partial charge >= 0.3 is 0 Å². The average molecular weight is 384 g/mol. The highest BCUT2D eigenvalue weighted by atomic mass is 35.5. The number of hydrogen-bond donors (Lipinski definition) is 2. The Balaban J connectivity index is 1.77. The van der Waals surface area contributed by atoms with Crippen molar-refractivity contribution in [3.05, 3.63) is 61.7 Å². The maximum absolute atomic E-state index is 12.2. The van der Waals surface area contributed by atoms with Gasteiger partial charge in [-0.1, -0.05) is 29.3 Å². The van der Waals surface area contributed by atoms with Gasteiger partial charge in [-0.2, -0.15) is 11.8 Å². The monoisotopic (exact) mass is 383 g/mol. The van der Waals surface area contributed by atoms with E-state index >= 15 is 0 Å². The molecule has 2 N–H and O–H groups in total. The van der Waals surface area contributed by atoms with Gasteiger partial charge in [0.2, 0.25) is 0 Å². The smallest absolute Gasteiger partial charge is 0.263 e. The van der Waals surface area contributed by atoms with E-state index in [4.69, 9.17) is 23.2 Å². The van der Waals surface area contributed by atoms with E-state index in [0.717, 1.165) is 17.9 Å². The Hall–Kier alpha value is -1.50. The summed E-state index contributed by atoms with van der Waals surface area (Å²) in [4.78, 5) is 31.2. The van der Waals surface area contributed by atoms with Gasteiger partial charge in [0.1, 0.15) is 11.4 Å². The molecule has 0 aliphatic carbocycles. The van der Waals surface area contributed by atoms with Crippen molar-refractivity contribution in [1.82, 2.24) is 15.3 Å². The Bertz CT molecular complexity index is 799. The first kappa shape index (κ1) is 17.3. The van der Waals surface area contributed by atoms with Crippen LogP contribution < -0.4 is 10.9 Å². The van der Waals surface area contributed by atoms with E-state index in [-0.39, 0.29) is 18.0 Å². The normalized spacial score (nSPS) is 17.0. The Morgan fingerprint density at radius 2 is 2.12 bits per heavy atom. The van der Waals surface area contributed by atoms with Gasteiger partial charge in [0.15, 0.2) is 0 Å². The number of aromatic amines is 1. The summed E-state index contributed by atoms with van der Waals surface area (Å²) in [5.74, 6) is 1.92. The van der Waals surface area contributed by atoms with Gasteiger partial charge in [0.05, 0.1) is 0 Å². The van der Waals surface area contributed by atoms with E-state index in [1.165, 1.54) is 6.20 Å². The van der Waals surface area contributed by atoms with Crippen LogP contribution in [-0.2, 0) is 6.42 Å². The fourth-order valence-electron chi connectivity index (χ4n) is 2.46. The minimum absolute atomic E-state index is 0.0147. The number of H-pyrrole nitrogens is 1. The number of thioether (sulfide) groups is 1. The molecule has 8 heteroatoms. The summed E-state index contributed by atoms with van der Waals surface area (Å²) < 4.78 is 0. The highest BCUT2D eigenvalue weighted by Gasteiger charge is 2.20. The van der Waals surface area contributed by atoms with Crippen molar-refractivity contribution < 1.29 is 4.79 Å². The number of carbonyl (C=O) groups excluding carboxylic acids is 1. The second-order valence-corrected chi connectivity index (χ2v) is 7.45. The van der Waals surface area contributed by atoms with E-state index < -0.39 is 11.5 Å². The fourth-order valence-corrected chi connectivity index (χ4v) is 4.15. The van der Waals surface area contributed by atoms with E-state index in [1.807, 2.05) is 0 Å². The molecule has 3 rings (SSSR count). The molecule has 0 saturated carbocycles. The van der Waals surface area contributed by atoms with Crippen LogP contribution in [0.25, 0.3) is 0 Å². The first-order chi connectivity index (χ1) is 11.5. The third-order valence-corrected chi connectivity index (χ3v) is 5.64. The highest BCUT2D eigenvalue weighted by Crippen LogP contribution is 2.25. The third kappa shape index (κ3) is 3.94. The molecule has 0 unspecified atom stereocenters. The third-order valence-electron chi connectivity index (χ3n) is 3.77. The molecule has 1 aromatic heterocycles. The van der Waals surface area contributed by atoms with Gasteiger partial charge in [0, 0.05) is 34.5 Å². The zero-order valence-electron chi connectivity index (χ0n) is 12.6. The fraction of sp³-hybridized carbons (Fsp3) is 0.312. The lowest BCUT2D eigenvalue weighted by atomic mass is 10.1. The van der Waals surface area contributed by atoms with Crippen LogP contribution in [0.4, 0.5) is 0 Å². The molecule has 0 bridgehead atoms. The van der Waals surface area contributed by atoms with Crippen molar-refractivity contribution in [3.63, 3.8) is 0 Å². The van der Waals surface area contributed by atoms with Crippen LogP contribution >= 0.6 is 35.0 Å². The molecule has 126 valence electrons. The van der Waals surface area contributed by atoms with Crippen LogP contribution in [-0.4, -0.2) is 33.4 Å². The largest absolute Gasteiger partial charge is 0.348 e. The minimum Gasteiger partial charge on any atom is -0.348 e. The number of nitrogens with zero attached hydrogens (tertiary/aromatic N) is 1. The van der Waals surface area contributed by atoms with Crippen molar-refractivity contribution in [2.24, 2.45) is 0 Å². The molecule has 24 heavy (non-hydrogen) atoms. The summed E-state index contributed by atoms with van der Waals surface area (Å²) in [6.45, 7) is 0. The van der Waals surface area contributed by atoms with Crippen molar-refractivity contribution in [2.75, 3.05) is 11.5 Å². The molecule has 1 fully saturated rings. The van der Waals surface area contributed by atoms with Gasteiger partial charge in [-0.3, -0.25) is 9.59 Å². The molecule has 2 aromatic rings. The minimum atomic E-state index is -0.466. The zero-order valence-corrected chi connectivity index (χ0v) is 15.0. The van der Waals surface area contributed by atoms with E-state index in [2.05, 4.69) is 15.3 Å². The first-order valence-corrected chi connectivity index (χ1v) is 9.35. The number of carbonyl (C=O) groups is 1. The molecule has 0 radical (unpaired) electrons. The van der Waals surface area contributed by atoms with Crippen molar-refractivity contribution in [2.45, 2.75) is 18.9 Å². The Labute approximate surface area is 153 Å². The van der Waals surface area contributed by atoms with Crippen molar-refractivity contribution in [3.8, 4) is 0 Å². The van der Waals surface area contributed by atoms with Gasteiger partial charge < -0.3 is 10.3 Å². The predicted octanol–water partition coefficient (Wildman–Crippen LogP) is 2.90. The van der Waals surface area contributed by atoms with Gasteiger partial charge in [-0.15, -0.1) is 0 Å². The number of benzene rings is 1. The summed E-state index contributed by atoms with van der Waals surface area (Å²) in [6.07, 6.45) is 2.51. The number of nitrogens with one attached hydrogen (secondary N) is 2. The maximum atomic E-state index is 12.2. The van der Waals surface area contributed by atoms with Crippen LogP contribution in [0.5, 0.6) is 0 Å². The number of halogens is 2. The van der Waals surface area contributed by atoms with Crippen LogP contribution in [0.3, 0.4) is 0 Å². The molecule has 1 amide bonds. The van der Waals surface area contributed by atoms with E-state index in [1.54, 1.807) is 30.0 Å². The first-order valence-electron chi connectivity index (χ1n) is 7.44. The number of aromatic nitrogens is 2. The average Bonchev–Trinajstić information content (AvgIpc) is 3.04. The molecule has 2 heterocycles. The second-order valence-electron chi connectivity index (χ2n) is 5.48. The maximum Gasteiger partial charge on any atom is 0.263 e. The number of hydrogen-bond acceptors (Lipinski definition) is 4. The van der Waals surface area contributed by atoms with Crippen LogP contribution in [0.1, 0.15) is 28.2 Å². The molecular weight excluding hydrogens is 369 g/mol. The Morgan fingerprint density at radius 1 is 1.38 bits per heavy atom. The Morgan fingerprint density at radius 3 is 2.75 bits per heavy atom. The second kappa shape index (κ2) is 7.59. The van der Waals surface area contributed by atoms with Crippen LogP contribution in [0, 0.1) is 0 Å². The van der Waals surface area contributed by atoms with E-state index in [9.17, 15) is 9.59 Å². The lowest BCUT2D eigenvalue weighted by Crippen LogP contribution is -2.37. The molecule has 1 atom stereocenters. The molecule has 0 spiro atoms. The van der Waals surface area contributed by atoms with Crippen LogP contribution in [0.15, 0.2) is 29.2 Å². The van der Waals surface area contributed by atoms with Crippen molar-refractivity contribution in [1.29, 1.82) is 0 Å². The lowest BCUT2D eigenvalue weighted by Gasteiger charge is -2.11. The molecule has 5 nitrogen and oxygen atoms in total. The SMILES string of the molecule is O=C(N[C@H]1CCSC1)c1cnc(Cc2c(Cl)cccc2Cl)[nH]c1=O. The summed E-state index contributed by atoms with van der Waals surface area (Å²) in [5, 5.41) is 3.87. The number of rotatable bonds is 4. The number of amides is 1. The molecule has 1 aromatic carbocycles. The van der Waals surface area contributed by atoms with Gasteiger partial charge in [0.25, 0.3) is 11.5 Å². The summed E-state index contributed by atoms with van der Waals surface area (Å²) in [7, 11) is 0. The standard InChI is InChI=1S/C16H15Cl2N3O2S/c17-12-2-1-3-13(18)10(12)6-14-19-7-11(16(23)21-14)15(22)20-9-4-5-24-8-9/h1-3,7,9H,4-6,8H2,(H,20,22)(H,19,21,23)/t9-/m0/s1. The quantitative estimate of drug-likeness (QED) is 0.850. The molecule has 1 aliphatic heterocycles. The summed E-state index contributed by atoms with van der Waals surface area (Å²) >= 11 is 14.0. The van der Waals surface area contributed by atoms with Gasteiger partial charge in [-0.05, 0) is 29.9 Å². The molecule has 1 saturated heterocycles. The van der Waals surface area contributed by atoms with Gasteiger partial charge in [-0.25, -0.2) is 4.98 Å². The van der Waals surface area contributed by atoms with Crippen molar-refractivity contribution >= 4 is 40.9 Å². The Kier molecular flexibility index (Phi) is 5.48. The molecule has 1 aliphatic rings. The zero-order chi connectivity index (χ0) is 17.1. The van der Waals surface area contributed by atoms with E-state index in [0.29, 0.717) is 21.4 Å². The predicted molar refractivity (Wildman–Crippen MR) is 97.3 cm³/mol.